The van der Waals surface area contributed by atoms with Crippen molar-refractivity contribution < 1.29 is 4.79 Å². The molecule has 1 saturated carbocycles. The largest absolute Gasteiger partial charge is 0.356 e. The van der Waals surface area contributed by atoms with E-state index < -0.39 is 0 Å². The van der Waals surface area contributed by atoms with Crippen LogP contribution < -0.4 is 21.5 Å². The number of anilines is 1. The van der Waals surface area contributed by atoms with Crippen molar-refractivity contribution in [3.05, 3.63) is 45.1 Å². The summed E-state index contributed by atoms with van der Waals surface area (Å²) in [5, 5.41) is 3.00. The molecule has 2 aromatic heterocycles. The molecule has 138 valence electrons. The maximum absolute atomic E-state index is 12.4. The van der Waals surface area contributed by atoms with E-state index in [0.717, 1.165) is 23.8 Å². The fourth-order valence-corrected chi connectivity index (χ4v) is 3.40. The molecule has 9 heteroatoms. The van der Waals surface area contributed by atoms with Crippen molar-refractivity contribution in [1.82, 2.24) is 24.0 Å². The summed E-state index contributed by atoms with van der Waals surface area (Å²) in [6.45, 7) is 1.22. The summed E-state index contributed by atoms with van der Waals surface area (Å²) in [4.78, 5) is 42.6. The summed E-state index contributed by atoms with van der Waals surface area (Å²) in [7, 11) is 3.11. The quantitative estimate of drug-likeness (QED) is 0.804. The van der Waals surface area contributed by atoms with Gasteiger partial charge in [-0.05, 0) is 19.3 Å². The molecule has 2 aromatic rings. The van der Waals surface area contributed by atoms with Gasteiger partial charge < -0.3 is 14.8 Å². The van der Waals surface area contributed by atoms with Gasteiger partial charge in [0.05, 0.1) is 6.33 Å². The molecule has 0 spiro atoms. The van der Waals surface area contributed by atoms with Gasteiger partial charge >= 0.3 is 5.69 Å². The Balaban J connectivity index is 1.44. The highest BCUT2D eigenvalue weighted by Crippen LogP contribution is 2.34. The van der Waals surface area contributed by atoms with E-state index in [0.29, 0.717) is 30.6 Å². The minimum absolute atomic E-state index is 0.0484. The highest BCUT2D eigenvalue weighted by molar-refractivity contribution is 5.92. The number of aromatic nitrogens is 4. The van der Waals surface area contributed by atoms with Crippen LogP contribution in [-0.4, -0.2) is 43.7 Å². The van der Waals surface area contributed by atoms with Crippen LogP contribution in [0.4, 0.5) is 5.82 Å². The van der Waals surface area contributed by atoms with Gasteiger partial charge in [0, 0.05) is 51.5 Å². The van der Waals surface area contributed by atoms with Crippen LogP contribution in [0.2, 0.25) is 0 Å². The first-order valence-electron chi connectivity index (χ1n) is 8.80. The van der Waals surface area contributed by atoms with Gasteiger partial charge in [-0.1, -0.05) is 0 Å². The summed E-state index contributed by atoms with van der Waals surface area (Å²) in [6.07, 6.45) is 6.54. The molecular weight excluding hydrogens is 336 g/mol. The molecule has 26 heavy (non-hydrogen) atoms. The average molecular weight is 358 g/mol. The van der Waals surface area contributed by atoms with E-state index in [-0.39, 0.29) is 23.2 Å². The number of nitrogens with zero attached hydrogens (tertiary/aromatic N) is 5. The lowest BCUT2D eigenvalue weighted by atomic mass is 10.2. The zero-order valence-electron chi connectivity index (χ0n) is 14.9. The van der Waals surface area contributed by atoms with Gasteiger partial charge in [0.2, 0.25) is 0 Å². The number of imidazole rings is 1. The van der Waals surface area contributed by atoms with Crippen LogP contribution in [0, 0.1) is 0 Å². The normalized spacial score (nSPS) is 19.8. The number of amides is 1. The van der Waals surface area contributed by atoms with E-state index >= 15 is 0 Å². The predicted octanol–water partition coefficient (Wildman–Crippen LogP) is -0.376. The van der Waals surface area contributed by atoms with Crippen molar-refractivity contribution in [1.29, 1.82) is 0 Å². The zero-order chi connectivity index (χ0) is 18.4. The molecule has 3 heterocycles. The van der Waals surface area contributed by atoms with E-state index in [1.54, 1.807) is 19.6 Å². The summed E-state index contributed by atoms with van der Waals surface area (Å²) in [5.41, 5.74) is -0.261. The average Bonchev–Trinajstić information content (AvgIpc) is 3.17. The smallest absolute Gasteiger partial charge is 0.332 e. The van der Waals surface area contributed by atoms with Gasteiger partial charge in [-0.15, -0.1) is 0 Å². The second kappa shape index (κ2) is 6.15. The second-order valence-electron chi connectivity index (χ2n) is 7.08. The first-order chi connectivity index (χ1) is 12.4. The number of hydrogen-bond donors (Lipinski definition) is 1. The molecule has 4 rings (SSSR count). The molecule has 1 saturated heterocycles. The molecule has 1 aliphatic heterocycles. The van der Waals surface area contributed by atoms with Crippen LogP contribution in [0.5, 0.6) is 0 Å². The number of carbonyl (C=O) groups excluding carboxylic acids is 1. The van der Waals surface area contributed by atoms with E-state index in [9.17, 15) is 14.4 Å². The predicted molar refractivity (Wildman–Crippen MR) is 95.5 cm³/mol. The number of rotatable bonds is 4. The Bertz CT molecular complexity index is 968. The Morgan fingerprint density at radius 1 is 1.19 bits per heavy atom. The molecule has 1 atom stereocenters. The minimum atomic E-state index is -0.356. The molecule has 9 nitrogen and oxygen atoms in total. The fourth-order valence-electron chi connectivity index (χ4n) is 3.40. The summed E-state index contributed by atoms with van der Waals surface area (Å²) in [5.74, 6) is 0.391. The Labute approximate surface area is 149 Å². The van der Waals surface area contributed by atoms with Crippen LogP contribution in [0.1, 0.15) is 35.8 Å². The molecule has 1 N–H and O–H groups in total. The van der Waals surface area contributed by atoms with Gasteiger partial charge in [0.25, 0.3) is 11.5 Å². The first-order valence-corrected chi connectivity index (χ1v) is 8.80. The number of nitrogens with one attached hydrogen (secondary N) is 1. The Morgan fingerprint density at radius 3 is 2.69 bits per heavy atom. The summed E-state index contributed by atoms with van der Waals surface area (Å²) in [6, 6.07) is 1.91. The van der Waals surface area contributed by atoms with Crippen molar-refractivity contribution >= 4 is 11.7 Å². The van der Waals surface area contributed by atoms with Crippen LogP contribution in [-0.2, 0) is 14.1 Å². The van der Waals surface area contributed by atoms with E-state index in [1.165, 1.54) is 17.7 Å². The van der Waals surface area contributed by atoms with E-state index in [1.807, 2.05) is 9.47 Å². The lowest BCUT2D eigenvalue weighted by Gasteiger charge is -2.21. The molecule has 0 radical (unpaired) electrons. The third-order valence-corrected chi connectivity index (χ3v) is 5.15. The highest BCUT2D eigenvalue weighted by atomic mass is 16.2. The highest BCUT2D eigenvalue weighted by Gasteiger charge is 2.28. The van der Waals surface area contributed by atoms with Crippen molar-refractivity contribution in [2.45, 2.75) is 31.3 Å². The maximum atomic E-state index is 12.4. The molecule has 2 fully saturated rings. The Morgan fingerprint density at radius 2 is 1.96 bits per heavy atom. The molecule has 0 bridgehead atoms. The molecule has 0 unspecified atom stereocenters. The van der Waals surface area contributed by atoms with Gasteiger partial charge in [0.15, 0.2) is 0 Å². The topological polar surface area (TPSA) is 94.2 Å². The molecule has 0 aromatic carbocycles. The standard InChI is InChI=1S/C17H22N6O3/c1-20-14(7-15(24)21(2)17(20)26)22-6-5-11(8-22)19-16(25)13-9-23(10-18-13)12-3-4-12/h7,9-12H,3-6,8H2,1-2H3,(H,19,25)/t11-/m1/s1. The lowest BCUT2D eigenvalue weighted by molar-refractivity contribution is 0.0935. The number of carbonyl (C=O) groups is 1. The summed E-state index contributed by atoms with van der Waals surface area (Å²) < 4.78 is 4.53. The van der Waals surface area contributed by atoms with Crippen molar-refractivity contribution in [2.75, 3.05) is 18.0 Å². The molecular formula is C17H22N6O3. The van der Waals surface area contributed by atoms with E-state index in [4.69, 9.17) is 0 Å². The number of hydrogen-bond acceptors (Lipinski definition) is 5. The zero-order valence-corrected chi connectivity index (χ0v) is 14.9. The second-order valence-corrected chi connectivity index (χ2v) is 7.08. The van der Waals surface area contributed by atoms with Crippen LogP contribution in [0.15, 0.2) is 28.2 Å². The maximum Gasteiger partial charge on any atom is 0.332 e. The third kappa shape index (κ3) is 2.93. The summed E-state index contributed by atoms with van der Waals surface area (Å²) >= 11 is 0. The monoisotopic (exact) mass is 358 g/mol. The Hall–Kier alpha value is -2.84. The van der Waals surface area contributed by atoms with Crippen LogP contribution in [0.25, 0.3) is 0 Å². The minimum Gasteiger partial charge on any atom is -0.356 e. The van der Waals surface area contributed by atoms with Gasteiger partial charge in [-0.3, -0.25) is 18.7 Å². The van der Waals surface area contributed by atoms with Gasteiger partial charge in [-0.25, -0.2) is 9.78 Å². The molecule has 1 aliphatic carbocycles. The van der Waals surface area contributed by atoms with Crippen molar-refractivity contribution in [2.24, 2.45) is 14.1 Å². The van der Waals surface area contributed by atoms with Crippen molar-refractivity contribution in [3.8, 4) is 0 Å². The third-order valence-electron chi connectivity index (χ3n) is 5.15. The van der Waals surface area contributed by atoms with Crippen LogP contribution >= 0.6 is 0 Å². The SMILES string of the molecule is Cn1c(N2CC[C@@H](NC(=O)c3cn(C4CC4)cn3)C2)cc(=O)n(C)c1=O. The van der Waals surface area contributed by atoms with E-state index in [2.05, 4.69) is 10.3 Å². The first kappa shape index (κ1) is 16.6. The van der Waals surface area contributed by atoms with Gasteiger partial charge in [-0.2, -0.15) is 0 Å². The van der Waals surface area contributed by atoms with Crippen LogP contribution in [0.3, 0.4) is 0 Å². The fraction of sp³-hybridized carbons (Fsp3) is 0.529. The van der Waals surface area contributed by atoms with Crippen molar-refractivity contribution in [3.63, 3.8) is 0 Å². The lowest BCUT2D eigenvalue weighted by Crippen LogP contribution is -2.41. The Kier molecular flexibility index (Phi) is 3.93. The molecule has 2 aliphatic rings. The molecule has 1 amide bonds. The van der Waals surface area contributed by atoms with Gasteiger partial charge in [0.1, 0.15) is 11.5 Å².